The van der Waals surface area contributed by atoms with Crippen LogP contribution < -0.4 is 0 Å². The van der Waals surface area contributed by atoms with E-state index in [1.54, 1.807) is 7.11 Å². The average Bonchev–Trinajstić information content (AvgIpc) is 2.87. The van der Waals surface area contributed by atoms with E-state index in [4.69, 9.17) is 14.2 Å². The van der Waals surface area contributed by atoms with Crippen molar-refractivity contribution < 1.29 is 14.2 Å². The summed E-state index contributed by atoms with van der Waals surface area (Å²) in [4.78, 5) is 0. The van der Waals surface area contributed by atoms with Gasteiger partial charge in [-0.15, -0.1) is 0 Å². The van der Waals surface area contributed by atoms with Crippen molar-refractivity contribution in [1.82, 2.24) is 0 Å². The highest BCUT2D eigenvalue weighted by Crippen LogP contribution is 2.13. The van der Waals surface area contributed by atoms with Gasteiger partial charge in [-0.1, -0.05) is 155 Å². The van der Waals surface area contributed by atoms with Crippen molar-refractivity contribution in [2.24, 2.45) is 0 Å². The van der Waals surface area contributed by atoms with Crippen molar-refractivity contribution in [1.29, 1.82) is 0 Å². The summed E-state index contributed by atoms with van der Waals surface area (Å²) in [5.41, 5.74) is 0. The maximum Gasteiger partial charge on any atom is 0.104 e. The van der Waals surface area contributed by atoms with Crippen molar-refractivity contribution in [2.45, 2.75) is 174 Å². The van der Waals surface area contributed by atoms with E-state index in [-0.39, 0.29) is 6.10 Å². The van der Waals surface area contributed by atoms with Crippen molar-refractivity contribution in [3.8, 4) is 0 Å². The molecule has 0 aromatic rings. The van der Waals surface area contributed by atoms with Crippen LogP contribution in [0.25, 0.3) is 0 Å². The van der Waals surface area contributed by atoms with Gasteiger partial charge < -0.3 is 14.2 Å². The first-order valence-corrected chi connectivity index (χ1v) is 16.0. The molecule has 35 heavy (non-hydrogen) atoms. The van der Waals surface area contributed by atoms with Gasteiger partial charge in [0.15, 0.2) is 0 Å². The lowest BCUT2D eigenvalue weighted by Crippen LogP contribution is -2.26. The summed E-state index contributed by atoms with van der Waals surface area (Å²) in [7, 11) is 1.76. The van der Waals surface area contributed by atoms with Crippen LogP contribution in [0.1, 0.15) is 168 Å². The molecule has 0 N–H and O–H groups in total. The molecule has 0 rings (SSSR count). The topological polar surface area (TPSA) is 27.7 Å². The van der Waals surface area contributed by atoms with Crippen LogP contribution in [0.2, 0.25) is 0 Å². The summed E-state index contributed by atoms with van der Waals surface area (Å²) < 4.78 is 17.3. The molecule has 0 saturated carbocycles. The van der Waals surface area contributed by atoms with E-state index in [1.165, 1.54) is 148 Å². The molecular formula is C32H66O3. The molecule has 212 valence electrons. The van der Waals surface area contributed by atoms with E-state index < -0.39 is 0 Å². The Morgan fingerprint density at radius 3 is 1.11 bits per heavy atom. The predicted octanol–water partition coefficient (Wildman–Crippen LogP) is 10.4. The fraction of sp³-hybridized carbons (Fsp3) is 1.00. The van der Waals surface area contributed by atoms with Crippen LogP contribution in [0.5, 0.6) is 0 Å². The first-order valence-electron chi connectivity index (χ1n) is 16.0. The van der Waals surface area contributed by atoms with E-state index in [1.807, 2.05) is 0 Å². The Kier molecular flexibility index (Phi) is 31.8. The first-order chi connectivity index (χ1) is 17.3. The van der Waals surface area contributed by atoms with Gasteiger partial charge in [-0.25, -0.2) is 0 Å². The van der Waals surface area contributed by atoms with Gasteiger partial charge in [0.25, 0.3) is 0 Å². The van der Waals surface area contributed by atoms with Crippen molar-refractivity contribution in [3.63, 3.8) is 0 Å². The fourth-order valence-electron chi connectivity index (χ4n) is 4.78. The van der Waals surface area contributed by atoms with E-state index >= 15 is 0 Å². The fourth-order valence-corrected chi connectivity index (χ4v) is 4.78. The molecule has 1 unspecified atom stereocenters. The third-order valence-corrected chi connectivity index (χ3v) is 7.15. The molecule has 0 fully saturated rings. The monoisotopic (exact) mass is 499 g/mol. The minimum atomic E-state index is 0.0880. The summed E-state index contributed by atoms with van der Waals surface area (Å²) in [5.74, 6) is 0. The summed E-state index contributed by atoms with van der Waals surface area (Å²) in [5, 5.41) is 0. The summed E-state index contributed by atoms with van der Waals surface area (Å²) in [6, 6.07) is 0. The molecule has 0 saturated heterocycles. The van der Waals surface area contributed by atoms with Crippen LogP contribution in [-0.2, 0) is 14.2 Å². The second kappa shape index (κ2) is 31.9. The number of hydrogen-bond donors (Lipinski definition) is 0. The Labute approximate surface area is 221 Å². The second-order valence-electron chi connectivity index (χ2n) is 10.8. The molecule has 0 aromatic carbocycles. The van der Waals surface area contributed by atoms with Crippen molar-refractivity contribution >= 4 is 0 Å². The van der Waals surface area contributed by atoms with Gasteiger partial charge in [-0.3, -0.25) is 0 Å². The largest absolute Gasteiger partial charge is 0.382 e. The van der Waals surface area contributed by atoms with Gasteiger partial charge in [-0.05, 0) is 12.8 Å². The molecule has 0 amide bonds. The van der Waals surface area contributed by atoms with E-state index in [9.17, 15) is 0 Å². The van der Waals surface area contributed by atoms with Crippen LogP contribution in [0.3, 0.4) is 0 Å². The highest BCUT2D eigenvalue weighted by molar-refractivity contribution is 4.56. The number of ether oxygens (including phenoxy) is 3. The maximum absolute atomic E-state index is 6.04. The minimum absolute atomic E-state index is 0.0880. The summed E-state index contributed by atoms with van der Waals surface area (Å²) >= 11 is 0. The van der Waals surface area contributed by atoms with Crippen LogP contribution in [-0.4, -0.2) is 39.6 Å². The molecule has 0 aromatic heterocycles. The predicted molar refractivity (Wildman–Crippen MR) is 155 cm³/mol. The zero-order valence-electron chi connectivity index (χ0n) is 24.6. The van der Waals surface area contributed by atoms with Gasteiger partial charge in [0.2, 0.25) is 0 Å². The quantitative estimate of drug-likeness (QED) is 0.0889. The Morgan fingerprint density at radius 2 is 0.743 bits per heavy atom. The zero-order chi connectivity index (χ0) is 25.5. The molecular weight excluding hydrogens is 432 g/mol. The molecule has 3 nitrogen and oxygen atoms in total. The smallest absolute Gasteiger partial charge is 0.104 e. The van der Waals surface area contributed by atoms with Gasteiger partial charge in [-0.2, -0.15) is 0 Å². The van der Waals surface area contributed by atoms with Gasteiger partial charge >= 0.3 is 0 Å². The molecule has 0 aliphatic carbocycles. The number of rotatable bonds is 31. The molecule has 0 spiro atoms. The van der Waals surface area contributed by atoms with Crippen molar-refractivity contribution in [2.75, 3.05) is 33.5 Å². The number of hydrogen-bond acceptors (Lipinski definition) is 3. The lowest BCUT2D eigenvalue weighted by Gasteiger charge is -2.17. The van der Waals surface area contributed by atoms with Crippen LogP contribution in [0, 0.1) is 0 Å². The third kappa shape index (κ3) is 30.0. The minimum Gasteiger partial charge on any atom is -0.382 e. The second-order valence-corrected chi connectivity index (χ2v) is 10.8. The van der Waals surface area contributed by atoms with Crippen LogP contribution in [0.15, 0.2) is 0 Å². The lowest BCUT2D eigenvalue weighted by molar-refractivity contribution is -0.0525. The summed E-state index contributed by atoms with van der Waals surface area (Å²) in [6.45, 7) is 7.59. The number of unbranched alkanes of at least 4 members (excludes halogenated alkanes) is 22. The zero-order valence-corrected chi connectivity index (χ0v) is 24.6. The van der Waals surface area contributed by atoms with Crippen LogP contribution in [0.4, 0.5) is 0 Å². The SMILES string of the molecule is CCCCCCCCCCCCCCOCC(COC)OCCCCCCCCCCCCCC. The molecule has 0 bridgehead atoms. The van der Waals surface area contributed by atoms with Crippen LogP contribution >= 0.6 is 0 Å². The maximum atomic E-state index is 6.04. The molecule has 0 heterocycles. The molecule has 3 heteroatoms. The Morgan fingerprint density at radius 1 is 0.400 bits per heavy atom. The molecule has 1 atom stereocenters. The standard InChI is InChI=1S/C32H66O3/c1-4-6-8-10-12-14-16-18-20-22-24-26-28-34-31-32(30-33-3)35-29-27-25-23-21-19-17-15-13-11-9-7-5-2/h32H,4-31H2,1-3H3. The van der Waals surface area contributed by atoms with Gasteiger partial charge in [0, 0.05) is 20.3 Å². The van der Waals surface area contributed by atoms with Gasteiger partial charge in [0.05, 0.1) is 13.2 Å². The average molecular weight is 499 g/mol. The summed E-state index contributed by atoms with van der Waals surface area (Å²) in [6.07, 6.45) is 33.2. The molecule has 0 radical (unpaired) electrons. The first kappa shape index (κ1) is 34.9. The molecule has 0 aliphatic heterocycles. The Hall–Kier alpha value is -0.120. The lowest BCUT2D eigenvalue weighted by atomic mass is 10.1. The van der Waals surface area contributed by atoms with E-state index in [0.29, 0.717) is 13.2 Å². The molecule has 0 aliphatic rings. The van der Waals surface area contributed by atoms with E-state index in [2.05, 4.69) is 13.8 Å². The highest BCUT2D eigenvalue weighted by atomic mass is 16.6. The normalized spacial score (nSPS) is 12.4. The van der Waals surface area contributed by atoms with Crippen molar-refractivity contribution in [3.05, 3.63) is 0 Å². The highest BCUT2D eigenvalue weighted by Gasteiger charge is 2.09. The Bertz CT molecular complexity index is 361. The van der Waals surface area contributed by atoms with Gasteiger partial charge in [0.1, 0.15) is 6.10 Å². The Balaban J connectivity index is 3.37. The van der Waals surface area contributed by atoms with E-state index in [0.717, 1.165) is 19.6 Å². The third-order valence-electron chi connectivity index (χ3n) is 7.15. The number of methoxy groups -OCH3 is 1.